The van der Waals surface area contributed by atoms with E-state index in [9.17, 15) is 35.1 Å². The van der Waals surface area contributed by atoms with E-state index in [1.807, 2.05) is 0 Å². The van der Waals surface area contributed by atoms with E-state index in [0.29, 0.717) is 11.8 Å². The van der Waals surface area contributed by atoms with Crippen LogP contribution in [0, 0.1) is 17.8 Å². The molecule has 0 unspecified atom stereocenters. The molecule has 1 aliphatic carbocycles. The second-order valence-electron chi connectivity index (χ2n) is 13.9. The van der Waals surface area contributed by atoms with Gasteiger partial charge >= 0.3 is 11.9 Å². The van der Waals surface area contributed by atoms with Gasteiger partial charge in [0.1, 0.15) is 49.3 Å². The van der Waals surface area contributed by atoms with Gasteiger partial charge < -0.3 is 54.0 Å². The van der Waals surface area contributed by atoms with E-state index < -0.39 is 86.6 Å². The van der Waals surface area contributed by atoms with Gasteiger partial charge in [-0.2, -0.15) is 0 Å². The second-order valence-corrected chi connectivity index (χ2v) is 15.7. The maximum Gasteiger partial charge on any atom is 0.338 e. The summed E-state index contributed by atoms with van der Waals surface area (Å²) in [6.45, 7) is 5.37. The van der Waals surface area contributed by atoms with Gasteiger partial charge in [-0.25, -0.2) is 9.59 Å². The van der Waals surface area contributed by atoms with Gasteiger partial charge in [0.25, 0.3) is 0 Å². The minimum absolute atomic E-state index is 0.159. The van der Waals surface area contributed by atoms with Crippen LogP contribution in [0.3, 0.4) is 0 Å². The number of esters is 2. The van der Waals surface area contributed by atoms with Gasteiger partial charge in [-0.1, -0.05) is 59.1 Å². The number of carbonyl (C=O) groups excluding carboxylic acids is 2. The number of hydrogen-bond acceptors (Lipinski definition) is 13. The maximum atomic E-state index is 13.0. The third kappa shape index (κ3) is 9.95. The Morgan fingerprint density at radius 3 is 1.92 bits per heavy atom. The van der Waals surface area contributed by atoms with E-state index in [4.69, 9.17) is 28.4 Å². The molecule has 0 amide bonds. The predicted octanol–water partition coefficient (Wildman–Crippen LogP) is 3.34. The van der Waals surface area contributed by atoms with Crippen LogP contribution in [0.25, 0.3) is 0 Å². The fourth-order valence-electron chi connectivity index (χ4n) is 6.73. The Morgan fingerprint density at radius 2 is 1.31 bits per heavy atom. The molecule has 2 aromatic carbocycles. The van der Waals surface area contributed by atoms with E-state index in [1.54, 1.807) is 36.4 Å². The van der Waals surface area contributed by atoms with Crippen LogP contribution in [-0.2, 0) is 28.4 Å². The van der Waals surface area contributed by atoms with Crippen LogP contribution in [0.5, 0.6) is 0 Å². The molecule has 0 radical (unpaired) electrons. The van der Waals surface area contributed by atoms with Crippen molar-refractivity contribution in [3.8, 4) is 0 Å². The van der Waals surface area contributed by atoms with Gasteiger partial charge in [0, 0.05) is 8.95 Å². The lowest BCUT2D eigenvalue weighted by Gasteiger charge is -2.45. The van der Waals surface area contributed by atoms with Crippen LogP contribution in [-0.4, -0.2) is 118 Å². The average molecular weight is 847 g/mol. The molecule has 2 aliphatic heterocycles. The highest BCUT2D eigenvalue weighted by atomic mass is 79.9. The summed E-state index contributed by atoms with van der Waals surface area (Å²) in [4.78, 5) is 25.9. The minimum Gasteiger partial charge on any atom is -0.459 e. The standard InChI is InChI=1S/C36H46Br2O13/c1-17(2)23-13-4-18(3)14-24(23)48-36-30(42)28(40)27(39)25(49-36)15-47-35-31(43)29(41)32(51-34(45)20-7-11-22(38)12-8-20)26(50-35)16-46-33(44)19-5-9-21(37)10-6-19/h5-12,17-18,23-32,35-36,39-43H,4,13-16H2,1-3H3/t18-,23+,24-,25+,26+,27+,28-,29+,30+,31+,32+,35+,36+/m0/s1. The lowest BCUT2D eigenvalue weighted by molar-refractivity contribution is -0.339. The van der Waals surface area contributed by atoms with Crippen molar-refractivity contribution >= 4 is 43.8 Å². The van der Waals surface area contributed by atoms with Crippen LogP contribution >= 0.6 is 31.9 Å². The first kappa shape index (κ1) is 40.2. The molecule has 2 heterocycles. The van der Waals surface area contributed by atoms with Gasteiger partial charge in [0.05, 0.1) is 23.8 Å². The molecule has 282 valence electrons. The number of carbonyl (C=O) groups is 2. The van der Waals surface area contributed by atoms with Gasteiger partial charge in [-0.15, -0.1) is 0 Å². The molecule has 15 heteroatoms. The number of halogens is 2. The minimum atomic E-state index is -1.77. The Balaban J connectivity index is 1.28. The summed E-state index contributed by atoms with van der Waals surface area (Å²) in [6.07, 6.45) is -12.7. The van der Waals surface area contributed by atoms with E-state index in [-0.39, 0.29) is 23.1 Å². The molecule has 2 aromatic rings. The lowest BCUT2D eigenvalue weighted by Crippen LogP contribution is -2.62. The fourth-order valence-corrected chi connectivity index (χ4v) is 7.26. The van der Waals surface area contributed by atoms with Crippen LogP contribution in [0.15, 0.2) is 57.5 Å². The van der Waals surface area contributed by atoms with Crippen molar-refractivity contribution < 1.29 is 63.5 Å². The molecule has 3 aliphatic rings. The Labute approximate surface area is 313 Å². The summed E-state index contributed by atoms with van der Waals surface area (Å²) in [6, 6.07) is 12.7. The first-order chi connectivity index (χ1) is 24.2. The summed E-state index contributed by atoms with van der Waals surface area (Å²) >= 11 is 6.61. The van der Waals surface area contributed by atoms with E-state index in [1.165, 1.54) is 12.1 Å². The van der Waals surface area contributed by atoms with Crippen molar-refractivity contribution in [2.75, 3.05) is 13.2 Å². The molecule has 1 saturated carbocycles. The number of aliphatic hydroxyl groups excluding tert-OH is 5. The zero-order chi connectivity index (χ0) is 37.0. The molecular formula is C36H46Br2O13. The average Bonchev–Trinajstić information content (AvgIpc) is 3.10. The van der Waals surface area contributed by atoms with Crippen molar-refractivity contribution in [3.05, 3.63) is 68.6 Å². The van der Waals surface area contributed by atoms with Crippen molar-refractivity contribution in [1.82, 2.24) is 0 Å². The Hall–Kier alpha value is -2.02. The molecule has 0 bridgehead atoms. The summed E-state index contributed by atoms with van der Waals surface area (Å²) in [5, 5.41) is 54.6. The first-order valence-electron chi connectivity index (χ1n) is 17.1. The quantitative estimate of drug-likeness (QED) is 0.207. The highest BCUT2D eigenvalue weighted by molar-refractivity contribution is 9.10. The van der Waals surface area contributed by atoms with E-state index >= 15 is 0 Å². The third-order valence-electron chi connectivity index (χ3n) is 9.79. The predicted molar refractivity (Wildman–Crippen MR) is 187 cm³/mol. The van der Waals surface area contributed by atoms with E-state index in [2.05, 4.69) is 52.6 Å². The topological polar surface area (TPSA) is 191 Å². The normalized spacial score (nSPS) is 35.7. The zero-order valence-corrected chi connectivity index (χ0v) is 31.7. The van der Waals surface area contributed by atoms with Crippen LogP contribution < -0.4 is 0 Å². The fraction of sp³-hybridized carbons (Fsp3) is 0.611. The summed E-state index contributed by atoms with van der Waals surface area (Å²) in [7, 11) is 0. The third-order valence-corrected chi connectivity index (χ3v) is 10.8. The number of benzene rings is 2. The Bertz CT molecular complexity index is 1440. The van der Waals surface area contributed by atoms with Crippen molar-refractivity contribution in [3.63, 3.8) is 0 Å². The molecule has 13 nitrogen and oxygen atoms in total. The first-order valence-corrected chi connectivity index (χ1v) is 18.7. The number of rotatable bonds is 11. The summed E-state index contributed by atoms with van der Waals surface area (Å²) < 4.78 is 36.5. The largest absolute Gasteiger partial charge is 0.459 e. The second kappa shape index (κ2) is 17.9. The Kier molecular flexibility index (Phi) is 14.1. The van der Waals surface area contributed by atoms with Gasteiger partial charge in [0.2, 0.25) is 0 Å². The zero-order valence-electron chi connectivity index (χ0n) is 28.5. The molecule has 0 spiro atoms. The SMILES string of the molecule is CC(C)[C@H]1CC[C@H](C)C[C@@H]1O[C@@H]1O[C@H](CO[C@@H]2O[C@H](COC(=O)c3ccc(Br)cc3)[C@@H](OC(=O)c3ccc(Br)cc3)[C@H](O)[C@H]2O)[C@@H](O)[C@H](O)[C@H]1O. The summed E-state index contributed by atoms with van der Waals surface area (Å²) in [5.74, 6) is -0.614. The lowest BCUT2D eigenvalue weighted by atomic mass is 9.75. The molecule has 2 saturated heterocycles. The molecule has 51 heavy (non-hydrogen) atoms. The van der Waals surface area contributed by atoms with Crippen molar-refractivity contribution in [1.29, 1.82) is 0 Å². The van der Waals surface area contributed by atoms with Gasteiger partial charge in [0.15, 0.2) is 18.7 Å². The molecule has 13 atom stereocenters. The smallest absolute Gasteiger partial charge is 0.338 e. The molecule has 3 fully saturated rings. The highest BCUT2D eigenvalue weighted by Crippen LogP contribution is 2.37. The summed E-state index contributed by atoms with van der Waals surface area (Å²) in [5.41, 5.74) is 0.390. The highest BCUT2D eigenvalue weighted by Gasteiger charge is 2.50. The maximum absolute atomic E-state index is 13.0. The number of aliphatic hydroxyl groups is 5. The van der Waals surface area contributed by atoms with E-state index in [0.717, 1.165) is 28.2 Å². The Morgan fingerprint density at radius 1 is 0.745 bits per heavy atom. The van der Waals surface area contributed by atoms with Crippen LogP contribution in [0.1, 0.15) is 60.7 Å². The molecule has 5 N–H and O–H groups in total. The molecule has 0 aromatic heterocycles. The van der Waals surface area contributed by atoms with Crippen molar-refractivity contribution in [2.45, 2.75) is 108 Å². The number of ether oxygens (including phenoxy) is 6. The monoisotopic (exact) mass is 844 g/mol. The number of hydrogen-bond donors (Lipinski definition) is 5. The molecular weight excluding hydrogens is 800 g/mol. The van der Waals surface area contributed by atoms with Crippen LogP contribution in [0.4, 0.5) is 0 Å². The molecule has 5 rings (SSSR count). The van der Waals surface area contributed by atoms with Crippen LogP contribution in [0.2, 0.25) is 0 Å². The van der Waals surface area contributed by atoms with Gasteiger partial charge in [-0.05, 0) is 79.1 Å². The van der Waals surface area contributed by atoms with Gasteiger partial charge in [-0.3, -0.25) is 0 Å². The van der Waals surface area contributed by atoms with Crippen molar-refractivity contribution in [2.24, 2.45) is 17.8 Å².